The number of ether oxygens (including phenoxy) is 1. The van der Waals surface area contributed by atoms with E-state index in [1.54, 1.807) is 7.11 Å². The highest BCUT2D eigenvalue weighted by Crippen LogP contribution is 2.38. The first-order valence-corrected chi connectivity index (χ1v) is 7.02. The Morgan fingerprint density at radius 3 is 2.44 bits per heavy atom. The first kappa shape index (κ1) is 13.7. The number of benzene rings is 2. The molecule has 0 aliphatic carbocycles. The van der Waals surface area contributed by atoms with Gasteiger partial charge < -0.3 is 4.74 Å². The molecule has 18 heavy (non-hydrogen) atoms. The molecule has 0 saturated heterocycles. The van der Waals surface area contributed by atoms with Crippen molar-refractivity contribution in [3.8, 4) is 5.75 Å². The van der Waals surface area contributed by atoms with Gasteiger partial charge in [0, 0.05) is 15.6 Å². The van der Waals surface area contributed by atoms with Gasteiger partial charge in [-0.2, -0.15) is 0 Å². The van der Waals surface area contributed by atoms with Crippen LogP contribution in [0, 0.1) is 0 Å². The highest BCUT2D eigenvalue weighted by Gasteiger charge is 2.16. The molecule has 0 fully saturated rings. The molecule has 0 amide bonds. The lowest BCUT2D eigenvalue weighted by atomic mass is 10.0. The van der Waals surface area contributed by atoms with Crippen LogP contribution in [0.1, 0.15) is 16.0 Å². The third-order valence-electron chi connectivity index (χ3n) is 2.61. The topological polar surface area (TPSA) is 9.23 Å². The fraction of sp³-hybridized carbons (Fsp3) is 0.143. The van der Waals surface area contributed by atoms with Gasteiger partial charge in [-0.1, -0.05) is 51.3 Å². The normalized spacial score (nSPS) is 12.2. The van der Waals surface area contributed by atoms with Crippen molar-refractivity contribution in [1.82, 2.24) is 0 Å². The van der Waals surface area contributed by atoms with Crippen LogP contribution in [-0.2, 0) is 0 Å². The Bertz CT molecular complexity index is 557. The van der Waals surface area contributed by atoms with Crippen molar-refractivity contribution in [3.05, 3.63) is 63.6 Å². The Hall–Kier alpha value is -0.700. The first-order valence-electron chi connectivity index (χ1n) is 5.35. The lowest BCUT2D eigenvalue weighted by molar-refractivity contribution is 0.410. The molecule has 2 aromatic rings. The minimum atomic E-state index is -0.00940. The molecule has 0 spiro atoms. The number of halogens is 3. The molecule has 1 unspecified atom stereocenters. The quantitative estimate of drug-likeness (QED) is 0.668. The van der Waals surface area contributed by atoms with E-state index < -0.39 is 0 Å². The summed E-state index contributed by atoms with van der Waals surface area (Å²) in [5.74, 6) is 0.793. The van der Waals surface area contributed by atoms with Gasteiger partial charge in [-0.3, -0.25) is 0 Å². The number of hydrogen-bond acceptors (Lipinski definition) is 1. The van der Waals surface area contributed by atoms with Crippen LogP contribution in [0.3, 0.4) is 0 Å². The summed E-state index contributed by atoms with van der Waals surface area (Å²) in [6, 6.07) is 13.2. The minimum absolute atomic E-state index is 0.00940. The second-order valence-electron chi connectivity index (χ2n) is 3.80. The Kier molecular flexibility index (Phi) is 4.55. The van der Waals surface area contributed by atoms with Crippen molar-refractivity contribution in [2.45, 2.75) is 4.83 Å². The zero-order valence-corrected chi connectivity index (χ0v) is 12.8. The van der Waals surface area contributed by atoms with Crippen LogP contribution in [0.15, 0.2) is 42.5 Å². The fourth-order valence-corrected chi connectivity index (χ4v) is 2.77. The van der Waals surface area contributed by atoms with E-state index in [4.69, 9.17) is 27.9 Å². The molecular formula is C14H11BrCl2O. The van der Waals surface area contributed by atoms with Crippen molar-refractivity contribution in [3.63, 3.8) is 0 Å². The van der Waals surface area contributed by atoms with Gasteiger partial charge >= 0.3 is 0 Å². The van der Waals surface area contributed by atoms with E-state index in [2.05, 4.69) is 15.9 Å². The number of rotatable bonds is 3. The molecule has 0 heterocycles. The molecule has 0 aromatic heterocycles. The highest BCUT2D eigenvalue weighted by molar-refractivity contribution is 9.09. The average Bonchev–Trinajstić information content (AvgIpc) is 2.38. The predicted molar refractivity (Wildman–Crippen MR) is 80.2 cm³/mol. The van der Waals surface area contributed by atoms with Crippen molar-refractivity contribution in [1.29, 1.82) is 0 Å². The maximum absolute atomic E-state index is 6.03. The predicted octanol–water partition coefficient (Wildman–Crippen LogP) is 5.49. The molecule has 0 bridgehead atoms. The summed E-state index contributed by atoms with van der Waals surface area (Å²) < 4.78 is 5.35. The summed E-state index contributed by atoms with van der Waals surface area (Å²) in [4.78, 5) is -0.00940. The molecule has 1 nitrogen and oxygen atoms in total. The van der Waals surface area contributed by atoms with E-state index in [1.165, 1.54) is 0 Å². The molecule has 0 radical (unpaired) electrons. The van der Waals surface area contributed by atoms with Crippen LogP contribution in [0.4, 0.5) is 0 Å². The Morgan fingerprint density at radius 2 is 1.78 bits per heavy atom. The second kappa shape index (κ2) is 5.96. The average molecular weight is 346 g/mol. The molecule has 4 heteroatoms. The summed E-state index contributed by atoms with van der Waals surface area (Å²) in [5, 5.41) is 1.38. The number of methoxy groups -OCH3 is 1. The van der Waals surface area contributed by atoms with E-state index in [1.807, 2.05) is 42.5 Å². The summed E-state index contributed by atoms with van der Waals surface area (Å²) in [7, 11) is 1.64. The van der Waals surface area contributed by atoms with Crippen molar-refractivity contribution in [2.75, 3.05) is 7.11 Å². The first-order chi connectivity index (χ1) is 8.61. The van der Waals surface area contributed by atoms with E-state index in [0.717, 1.165) is 16.9 Å². The molecule has 0 saturated carbocycles. The zero-order chi connectivity index (χ0) is 13.1. The third kappa shape index (κ3) is 3.00. The van der Waals surface area contributed by atoms with Crippen LogP contribution < -0.4 is 4.74 Å². The minimum Gasteiger partial charge on any atom is -0.496 e. The van der Waals surface area contributed by atoms with Gasteiger partial charge in [0.05, 0.1) is 11.9 Å². The van der Waals surface area contributed by atoms with Crippen LogP contribution in [0.5, 0.6) is 5.75 Å². The highest BCUT2D eigenvalue weighted by atomic mass is 79.9. The van der Waals surface area contributed by atoms with Crippen LogP contribution in [-0.4, -0.2) is 7.11 Å². The third-order valence-corrected chi connectivity index (χ3v) is 4.10. The molecular weight excluding hydrogens is 335 g/mol. The van der Waals surface area contributed by atoms with Gasteiger partial charge in [-0.05, 0) is 35.9 Å². The number of hydrogen-bond donors (Lipinski definition) is 0. The van der Waals surface area contributed by atoms with Gasteiger partial charge in [0.25, 0.3) is 0 Å². The van der Waals surface area contributed by atoms with Gasteiger partial charge in [0.2, 0.25) is 0 Å². The summed E-state index contributed by atoms with van der Waals surface area (Å²) in [5.41, 5.74) is 2.04. The SMILES string of the molecule is COc1ccc(Cl)cc1C(Br)c1cccc(Cl)c1. The molecule has 94 valence electrons. The molecule has 1 atom stereocenters. The molecule has 2 aromatic carbocycles. The Morgan fingerprint density at radius 1 is 1.06 bits per heavy atom. The lowest BCUT2D eigenvalue weighted by Crippen LogP contribution is -1.97. The van der Waals surface area contributed by atoms with Gasteiger partial charge in [-0.15, -0.1) is 0 Å². The fourth-order valence-electron chi connectivity index (χ4n) is 1.75. The maximum atomic E-state index is 6.03. The van der Waals surface area contributed by atoms with E-state index in [0.29, 0.717) is 10.0 Å². The monoisotopic (exact) mass is 344 g/mol. The summed E-state index contributed by atoms with van der Waals surface area (Å²) in [6.45, 7) is 0. The Balaban J connectivity index is 2.44. The van der Waals surface area contributed by atoms with E-state index in [9.17, 15) is 0 Å². The largest absolute Gasteiger partial charge is 0.496 e. The van der Waals surface area contributed by atoms with E-state index in [-0.39, 0.29) is 4.83 Å². The van der Waals surface area contributed by atoms with Crippen LogP contribution >= 0.6 is 39.1 Å². The molecule has 0 aliphatic rings. The standard InChI is InChI=1S/C14H11BrCl2O/c1-18-13-6-5-11(17)8-12(13)14(15)9-3-2-4-10(16)7-9/h2-8,14H,1H3. The molecule has 0 aliphatic heterocycles. The summed E-state index contributed by atoms with van der Waals surface area (Å²) >= 11 is 15.7. The molecule has 2 rings (SSSR count). The maximum Gasteiger partial charge on any atom is 0.123 e. The number of alkyl halides is 1. The van der Waals surface area contributed by atoms with Crippen LogP contribution in [0.2, 0.25) is 10.0 Å². The van der Waals surface area contributed by atoms with Gasteiger partial charge in [-0.25, -0.2) is 0 Å². The van der Waals surface area contributed by atoms with Crippen molar-refractivity contribution in [2.24, 2.45) is 0 Å². The Labute approximate surface area is 125 Å². The molecule has 0 N–H and O–H groups in total. The van der Waals surface area contributed by atoms with Gasteiger partial charge in [0.1, 0.15) is 5.75 Å². The zero-order valence-electron chi connectivity index (χ0n) is 9.66. The van der Waals surface area contributed by atoms with Crippen LogP contribution in [0.25, 0.3) is 0 Å². The van der Waals surface area contributed by atoms with Crippen molar-refractivity contribution >= 4 is 39.1 Å². The van der Waals surface area contributed by atoms with E-state index >= 15 is 0 Å². The second-order valence-corrected chi connectivity index (χ2v) is 5.59. The smallest absolute Gasteiger partial charge is 0.123 e. The summed E-state index contributed by atoms with van der Waals surface area (Å²) in [6.07, 6.45) is 0. The lowest BCUT2D eigenvalue weighted by Gasteiger charge is -2.15. The van der Waals surface area contributed by atoms with Crippen molar-refractivity contribution < 1.29 is 4.74 Å². The van der Waals surface area contributed by atoms with Gasteiger partial charge in [0.15, 0.2) is 0 Å².